The van der Waals surface area contributed by atoms with E-state index in [0.29, 0.717) is 5.82 Å². The molecule has 0 unspecified atom stereocenters. The molecule has 10 heteroatoms. The smallest absolute Gasteiger partial charge is 0.209 e. The van der Waals surface area contributed by atoms with Gasteiger partial charge in [0.2, 0.25) is 5.16 Å². The number of hydrogen-bond acceptors (Lipinski definition) is 8. The van der Waals surface area contributed by atoms with Crippen molar-refractivity contribution in [3.8, 4) is 0 Å². The highest BCUT2D eigenvalue weighted by Crippen LogP contribution is 2.16. The quantitative estimate of drug-likeness (QED) is 0.279. The van der Waals surface area contributed by atoms with Crippen molar-refractivity contribution in [2.75, 3.05) is 5.75 Å². The van der Waals surface area contributed by atoms with E-state index >= 15 is 0 Å². The van der Waals surface area contributed by atoms with Crippen LogP contribution in [0.1, 0.15) is 44.3 Å². The van der Waals surface area contributed by atoms with Crippen LogP contribution in [0.4, 0.5) is 0 Å². The van der Waals surface area contributed by atoms with Gasteiger partial charge < -0.3 is 0 Å². The Bertz CT molecular complexity index is 593. The van der Waals surface area contributed by atoms with E-state index in [0.717, 1.165) is 28.6 Å². The van der Waals surface area contributed by atoms with Crippen LogP contribution in [0.3, 0.4) is 0 Å². The van der Waals surface area contributed by atoms with Gasteiger partial charge in [-0.25, -0.2) is 9.36 Å². The molecule has 0 radical (unpaired) electrons. The molecule has 2 heterocycles. The number of thiocarbonyl (C=S) groups is 1. The number of unbranched alkanes of at least 4 members (excludes halogenated alkanes) is 4. The van der Waals surface area contributed by atoms with E-state index in [1.54, 1.807) is 21.1 Å². The van der Waals surface area contributed by atoms with Gasteiger partial charge in [0.05, 0.1) is 4.86 Å². The number of hydrogen-bond donors (Lipinski definition) is 0. The van der Waals surface area contributed by atoms with E-state index in [4.69, 9.17) is 12.2 Å². The Balaban J connectivity index is 1.49. The predicted molar refractivity (Wildman–Crippen MR) is 87.7 cm³/mol. The molecule has 0 bridgehead atoms. The molecule has 0 saturated carbocycles. The number of aromatic nitrogens is 8. The van der Waals surface area contributed by atoms with Crippen LogP contribution >= 0.6 is 24.0 Å². The van der Waals surface area contributed by atoms with Crippen LogP contribution < -0.4 is 0 Å². The van der Waals surface area contributed by atoms with Gasteiger partial charge in [-0.1, -0.05) is 43.2 Å². The minimum absolute atomic E-state index is 0.712. The number of nitrogens with zero attached hydrogens (tertiary/aromatic N) is 8. The monoisotopic (exact) mass is 340 g/mol. The Morgan fingerprint density at radius 3 is 2.32 bits per heavy atom. The van der Waals surface area contributed by atoms with E-state index < -0.39 is 0 Å². The maximum absolute atomic E-state index is 5.35. The molecule has 0 aliphatic carbocycles. The fourth-order valence-corrected chi connectivity index (χ4v) is 3.17. The van der Waals surface area contributed by atoms with Crippen LogP contribution in [-0.2, 0) is 14.1 Å². The van der Waals surface area contributed by atoms with Crippen molar-refractivity contribution in [1.29, 1.82) is 0 Å². The Morgan fingerprint density at radius 1 is 0.955 bits per heavy atom. The van der Waals surface area contributed by atoms with Crippen molar-refractivity contribution in [1.82, 2.24) is 40.4 Å². The molecule has 0 amide bonds. The van der Waals surface area contributed by atoms with E-state index in [2.05, 4.69) is 31.1 Å². The van der Waals surface area contributed by atoms with Crippen molar-refractivity contribution >= 4 is 28.8 Å². The van der Waals surface area contributed by atoms with Crippen molar-refractivity contribution in [2.45, 2.75) is 43.7 Å². The zero-order valence-corrected chi connectivity index (χ0v) is 14.5. The lowest BCUT2D eigenvalue weighted by Crippen LogP contribution is -2.07. The summed E-state index contributed by atoms with van der Waals surface area (Å²) in [7, 11) is 3.67. The van der Waals surface area contributed by atoms with Gasteiger partial charge in [0.25, 0.3) is 0 Å². The summed E-state index contributed by atoms with van der Waals surface area (Å²) in [5.74, 6) is 1.76. The van der Waals surface area contributed by atoms with E-state index in [1.807, 2.05) is 14.1 Å². The first kappa shape index (κ1) is 16.9. The van der Waals surface area contributed by atoms with Gasteiger partial charge in [0.15, 0.2) is 5.82 Å². The molecule has 8 nitrogen and oxygen atoms in total. The molecule has 0 aromatic carbocycles. The van der Waals surface area contributed by atoms with Gasteiger partial charge in [-0.3, -0.25) is 0 Å². The van der Waals surface area contributed by atoms with E-state index in [-0.39, 0.29) is 0 Å². The standard InChI is InChI=1S/C12H20N8S2/c1-19-11(13-15-17-19)10(21)8-6-4-3-5-7-9-22-12-14-16-18-20(12)2/h3-9H2,1-2H3. The van der Waals surface area contributed by atoms with Crippen molar-refractivity contribution in [2.24, 2.45) is 14.1 Å². The second-order valence-corrected chi connectivity index (χ2v) is 6.56. The second-order valence-electron chi connectivity index (χ2n) is 5.00. The molecular weight excluding hydrogens is 320 g/mol. The number of rotatable bonds is 10. The molecule has 0 saturated heterocycles. The van der Waals surface area contributed by atoms with E-state index in [9.17, 15) is 0 Å². The summed E-state index contributed by atoms with van der Waals surface area (Å²) in [5.41, 5.74) is 0. The highest BCUT2D eigenvalue weighted by Gasteiger charge is 2.08. The highest BCUT2D eigenvalue weighted by atomic mass is 32.2. The molecule has 0 aliphatic rings. The fourth-order valence-electron chi connectivity index (χ4n) is 2.00. The van der Waals surface area contributed by atoms with Crippen LogP contribution in [0.2, 0.25) is 0 Å². The molecular formula is C12H20N8S2. The summed E-state index contributed by atoms with van der Waals surface area (Å²) in [6, 6.07) is 0. The predicted octanol–water partition coefficient (Wildman–Crippen LogP) is 1.58. The Kier molecular flexibility index (Phi) is 6.84. The van der Waals surface area contributed by atoms with Crippen molar-refractivity contribution in [3.05, 3.63) is 5.82 Å². The first-order valence-corrected chi connectivity index (χ1v) is 8.68. The molecule has 2 rings (SSSR count). The molecule has 2 aromatic rings. The molecule has 22 heavy (non-hydrogen) atoms. The molecule has 0 spiro atoms. The van der Waals surface area contributed by atoms with Crippen LogP contribution in [-0.4, -0.2) is 51.0 Å². The van der Waals surface area contributed by atoms with Gasteiger partial charge in [-0.15, -0.1) is 10.2 Å². The number of aryl methyl sites for hydroxylation is 2. The van der Waals surface area contributed by atoms with Gasteiger partial charge in [-0.05, 0) is 40.1 Å². The minimum Gasteiger partial charge on any atom is -0.228 e. The molecule has 0 fully saturated rings. The number of thioether (sulfide) groups is 1. The normalized spacial score (nSPS) is 11.0. The van der Waals surface area contributed by atoms with Crippen LogP contribution in [0.15, 0.2) is 5.16 Å². The summed E-state index contributed by atoms with van der Waals surface area (Å²) in [5, 5.41) is 23.6. The molecule has 120 valence electrons. The summed E-state index contributed by atoms with van der Waals surface area (Å²) in [6.45, 7) is 0. The molecule has 0 atom stereocenters. The highest BCUT2D eigenvalue weighted by molar-refractivity contribution is 7.99. The topological polar surface area (TPSA) is 87.2 Å². The van der Waals surface area contributed by atoms with Crippen molar-refractivity contribution in [3.63, 3.8) is 0 Å². The summed E-state index contributed by atoms with van der Waals surface area (Å²) in [4.78, 5) is 0.845. The maximum atomic E-state index is 5.35. The number of tetrazole rings is 2. The molecule has 0 N–H and O–H groups in total. The summed E-state index contributed by atoms with van der Waals surface area (Å²) in [6.07, 6.45) is 6.76. The zero-order chi connectivity index (χ0) is 15.8. The van der Waals surface area contributed by atoms with Gasteiger partial charge in [0.1, 0.15) is 0 Å². The fraction of sp³-hybridized carbons (Fsp3) is 0.750. The average Bonchev–Trinajstić information content (AvgIpc) is 3.10. The lowest BCUT2D eigenvalue weighted by atomic mass is 10.1. The third-order valence-corrected chi connectivity index (χ3v) is 4.71. The van der Waals surface area contributed by atoms with Crippen LogP contribution in [0, 0.1) is 0 Å². The van der Waals surface area contributed by atoms with Gasteiger partial charge in [-0.2, -0.15) is 0 Å². The third-order valence-electron chi connectivity index (χ3n) is 3.23. The largest absolute Gasteiger partial charge is 0.228 e. The van der Waals surface area contributed by atoms with Gasteiger partial charge in [0, 0.05) is 19.8 Å². The Morgan fingerprint density at radius 2 is 1.64 bits per heavy atom. The summed E-state index contributed by atoms with van der Waals surface area (Å²) < 4.78 is 3.33. The average molecular weight is 340 g/mol. The van der Waals surface area contributed by atoms with Crippen LogP contribution in [0.25, 0.3) is 0 Å². The van der Waals surface area contributed by atoms with Crippen molar-refractivity contribution < 1.29 is 0 Å². The summed E-state index contributed by atoms with van der Waals surface area (Å²) >= 11 is 7.05. The van der Waals surface area contributed by atoms with Gasteiger partial charge >= 0.3 is 0 Å². The third kappa shape index (κ3) is 5.09. The Labute approximate surface area is 139 Å². The first-order valence-electron chi connectivity index (χ1n) is 7.29. The molecule has 2 aromatic heterocycles. The second kappa shape index (κ2) is 8.89. The maximum Gasteiger partial charge on any atom is 0.209 e. The minimum atomic E-state index is 0.712. The Hall–Kier alpha value is -1.42. The zero-order valence-electron chi connectivity index (χ0n) is 12.8. The first-order chi connectivity index (χ1) is 10.7. The van der Waals surface area contributed by atoms with Crippen LogP contribution in [0.5, 0.6) is 0 Å². The molecule has 0 aliphatic heterocycles. The van der Waals surface area contributed by atoms with E-state index in [1.165, 1.54) is 25.7 Å². The lowest BCUT2D eigenvalue weighted by molar-refractivity contribution is 0.643. The lowest BCUT2D eigenvalue weighted by Gasteiger charge is -2.03. The SMILES string of the molecule is Cn1nnnc1SCCCCCCCC(=S)c1nnnn1C.